The zero-order chi connectivity index (χ0) is 13.8. The summed E-state index contributed by atoms with van der Waals surface area (Å²) in [5.41, 5.74) is 1.55. The maximum atomic E-state index is 13.8. The molecule has 5 heteroatoms. The van der Waals surface area contributed by atoms with E-state index in [2.05, 4.69) is 10.3 Å². The Kier molecular flexibility index (Phi) is 4.61. The van der Waals surface area contributed by atoms with Crippen LogP contribution in [0.1, 0.15) is 31.0 Å². The van der Waals surface area contributed by atoms with Crippen LogP contribution in [0.3, 0.4) is 0 Å². The molecule has 0 radical (unpaired) electrons. The lowest BCUT2D eigenvalue weighted by molar-refractivity contribution is 0.454. The molecule has 1 aromatic heterocycles. The van der Waals surface area contributed by atoms with Crippen molar-refractivity contribution in [3.8, 4) is 0 Å². The Balaban J connectivity index is 2.36. The van der Waals surface area contributed by atoms with Gasteiger partial charge in [-0.3, -0.25) is 0 Å². The van der Waals surface area contributed by atoms with Gasteiger partial charge in [0.2, 0.25) is 0 Å². The lowest BCUT2D eigenvalue weighted by Crippen LogP contribution is -2.18. The molecule has 0 saturated heterocycles. The van der Waals surface area contributed by atoms with Crippen molar-refractivity contribution >= 4 is 11.8 Å². The van der Waals surface area contributed by atoms with Gasteiger partial charge in [0.05, 0.1) is 6.20 Å². The molecule has 2 rings (SSSR count). The average Bonchev–Trinajstić information content (AvgIpc) is 2.86. The number of nitrogens with zero attached hydrogens (tertiary/aromatic N) is 1. The van der Waals surface area contributed by atoms with Crippen molar-refractivity contribution in [1.29, 1.82) is 0 Å². The maximum Gasteiger partial charge on any atom is 0.260 e. The molecule has 1 heterocycles. The Bertz CT molecular complexity index is 543. The highest BCUT2D eigenvalue weighted by molar-refractivity contribution is 7.99. The van der Waals surface area contributed by atoms with Gasteiger partial charge in [0, 0.05) is 10.9 Å². The fourth-order valence-corrected chi connectivity index (χ4v) is 2.86. The molecule has 1 unspecified atom stereocenters. The molecule has 0 aliphatic carbocycles. The summed E-state index contributed by atoms with van der Waals surface area (Å²) in [6.45, 7) is 6.64. The molecule has 1 aromatic carbocycles. The van der Waals surface area contributed by atoms with Gasteiger partial charge in [-0.25, -0.2) is 9.37 Å². The predicted octanol–water partition coefficient (Wildman–Crippen LogP) is 3.94. The minimum atomic E-state index is -0.184. The van der Waals surface area contributed by atoms with E-state index in [9.17, 15) is 4.39 Å². The van der Waals surface area contributed by atoms with Crippen molar-refractivity contribution in [3.05, 3.63) is 41.5 Å². The summed E-state index contributed by atoms with van der Waals surface area (Å²) in [5, 5.41) is 3.86. The summed E-state index contributed by atoms with van der Waals surface area (Å²) in [4.78, 5) is 5.06. The van der Waals surface area contributed by atoms with Crippen LogP contribution in [-0.2, 0) is 0 Å². The molecular weight excluding hydrogens is 263 g/mol. The quantitative estimate of drug-likeness (QED) is 0.900. The number of hydrogen-bond acceptors (Lipinski definition) is 4. The molecule has 1 atom stereocenters. The van der Waals surface area contributed by atoms with Crippen LogP contribution < -0.4 is 5.32 Å². The van der Waals surface area contributed by atoms with Gasteiger partial charge in [-0.2, -0.15) is 0 Å². The van der Waals surface area contributed by atoms with E-state index in [4.69, 9.17) is 4.42 Å². The molecular formula is C14H17FN2OS. The number of benzene rings is 1. The van der Waals surface area contributed by atoms with Crippen molar-refractivity contribution in [2.24, 2.45) is 0 Å². The Morgan fingerprint density at radius 3 is 2.89 bits per heavy atom. The van der Waals surface area contributed by atoms with Gasteiger partial charge < -0.3 is 9.73 Å². The van der Waals surface area contributed by atoms with Gasteiger partial charge in [0.15, 0.2) is 0 Å². The van der Waals surface area contributed by atoms with Crippen LogP contribution in [0, 0.1) is 12.7 Å². The van der Waals surface area contributed by atoms with E-state index in [1.54, 1.807) is 19.2 Å². The van der Waals surface area contributed by atoms with Crippen LogP contribution in [0.2, 0.25) is 0 Å². The molecule has 0 aliphatic rings. The minimum Gasteiger partial charge on any atom is -0.440 e. The van der Waals surface area contributed by atoms with Gasteiger partial charge in [-0.05, 0) is 55.4 Å². The number of aryl methyl sites for hydroxylation is 1. The summed E-state index contributed by atoms with van der Waals surface area (Å²) < 4.78 is 19.0. The van der Waals surface area contributed by atoms with Gasteiger partial charge in [0.25, 0.3) is 5.22 Å². The van der Waals surface area contributed by atoms with Crippen LogP contribution in [-0.4, -0.2) is 11.5 Å². The summed E-state index contributed by atoms with van der Waals surface area (Å²) in [6.07, 6.45) is 3.14. The number of aromatic nitrogens is 1. The van der Waals surface area contributed by atoms with Crippen LogP contribution in [0.4, 0.5) is 4.39 Å². The SMILES string of the molecule is CCNC(C)c1cc(F)c(C)cc1Sc1ncco1. The number of halogens is 1. The van der Waals surface area contributed by atoms with Crippen LogP contribution in [0.25, 0.3) is 0 Å². The van der Waals surface area contributed by atoms with Crippen molar-refractivity contribution in [2.75, 3.05) is 6.54 Å². The molecule has 19 heavy (non-hydrogen) atoms. The number of rotatable bonds is 5. The number of hydrogen-bond donors (Lipinski definition) is 1. The Hall–Kier alpha value is -1.33. The number of oxazole rings is 1. The van der Waals surface area contributed by atoms with E-state index in [-0.39, 0.29) is 11.9 Å². The first-order valence-corrected chi connectivity index (χ1v) is 7.04. The average molecular weight is 280 g/mol. The predicted molar refractivity (Wildman–Crippen MR) is 73.9 cm³/mol. The van der Waals surface area contributed by atoms with Gasteiger partial charge >= 0.3 is 0 Å². The highest BCUT2D eigenvalue weighted by Gasteiger charge is 2.15. The highest BCUT2D eigenvalue weighted by Crippen LogP contribution is 2.34. The third-order valence-electron chi connectivity index (χ3n) is 2.87. The van der Waals surface area contributed by atoms with Crippen LogP contribution in [0.15, 0.2) is 39.1 Å². The lowest BCUT2D eigenvalue weighted by atomic mass is 10.1. The Morgan fingerprint density at radius 2 is 2.26 bits per heavy atom. The van der Waals surface area contributed by atoms with E-state index in [0.717, 1.165) is 17.0 Å². The lowest BCUT2D eigenvalue weighted by Gasteiger charge is -2.17. The summed E-state index contributed by atoms with van der Waals surface area (Å²) in [6, 6.07) is 3.51. The number of nitrogens with one attached hydrogen (secondary N) is 1. The molecule has 3 nitrogen and oxygen atoms in total. The van der Waals surface area contributed by atoms with E-state index in [0.29, 0.717) is 10.8 Å². The molecule has 0 fully saturated rings. The van der Waals surface area contributed by atoms with Crippen molar-refractivity contribution in [1.82, 2.24) is 10.3 Å². The van der Waals surface area contributed by atoms with Gasteiger partial charge in [0.1, 0.15) is 12.1 Å². The molecule has 102 valence electrons. The van der Waals surface area contributed by atoms with Crippen molar-refractivity contribution in [2.45, 2.75) is 36.9 Å². The fourth-order valence-electron chi connectivity index (χ4n) is 1.87. The Morgan fingerprint density at radius 1 is 1.47 bits per heavy atom. The second kappa shape index (κ2) is 6.21. The molecule has 0 bridgehead atoms. The smallest absolute Gasteiger partial charge is 0.260 e. The summed E-state index contributed by atoms with van der Waals surface area (Å²) in [7, 11) is 0. The molecule has 2 aromatic rings. The zero-order valence-corrected chi connectivity index (χ0v) is 12.1. The zero-order valence-electron chi connectivity index (χ0n) is 11.2. The monoisotopic (exact) mass is 280 g/mol. The highest BCUT2D eigenvalue weighted by atomic mass is 32.2. The van der Waals surface area contributed by atoms with Crippen LogP contribution in [0.5, 0.6) is 0 Å². The summed E-state index contributed by atoms with van der Waals surface area (Å²) >= 11 is 1.41. The first-order valence-electron chi connectivity index (χ1n) is 6.22. The molecule has 0 spiro atoms. The van der Waals surface area contributed by atoms with Gasteiger partial charge in [-0.1, -0.05) is 6.92 Å². The molecule has 0 amide bonds. The minimum absolute atomic E-state index is 0.0811. The van der Waals surface area contributed by atoms with Crippen molar-refractivity contribution < 1.29 is 8.81 Å². The van der Waals surface area contributed by atoms with E-state index >= 15 is 0 Å². The summed E-state index contributed by atoms with van der Waals surface area (Å²) in [5.74, 6) is -0.184. The largest absolute Gasteiger partial charge is 0.440 e. The second-order valence-corrected chi connectivity index (χ2v) is 5.31. The normalized spacial score (nSPS) is 12.6. The van der Waals surface area contributed by atoms with E-state index in [1.165, 1.54) is 18.0 Å². The molecule has 0 saturated carbocycles. The third-order valence-corrected chi connectivity index (χ3v) is 3.82. The molecule has 1 N–H and O–H groups in total. The topological polar surface area (TPSA) is 38.1 Å². The first-order chi connectivity index (χ1) is 9.11. The van der Waals surface area contributed by atoms with Crippen molar-refractivity contribution in [3.63, 3.8) is 0 Å². The Labute approximate surface area is 116 Å². The maximum absolute atomic E-state index is 13.8. The van der Waals surface area contributed by atoms with Gasteiger partial charge in [-0.15, -0.1) is 0 Å². The van der Waals surface area contributed by atoms with E-state index < -0.39 is 0 Å². The van der Waals surface area contributed by atoms with E-state index in [1.807, 2.05) is 19.9 Å². The standard InChI is InChI=1S/C14H17FN2OS/c1-4-16-10(3)11-8-12(15)9(2)7-13(11)19-14-17-5-6-18-14/h5-8,10,16H,4H2,1-3H3. The van der Waals surface area contributed by atoms with Crippen LogP contribution >= 0.6 is 11.8 Å². The second-order valence-electron chi connectivity index (χ2n) is 4.32. The fraction of sp³-hybridized carbons (Fsp3) is 0.357. The first kappa shape index (κ1) is 14.1. The molecule has 0 aliphatic heterocycles. The third kappa shape index (κ3) is 3.36.